The number of carboxylic acid groups (broad SMARTS) is 4. The molecule has 0 bridgehead atoms. The molecule has 1 rings (SSSR count). The summed E-state index contributed by atoms with van der Waals surface area (Å²) in [7, 11) is 0. The molecule has 0 aromatic rings. The van der Waals surface area contributed by atoms with Crippen molar-refractivity contribution in [2.24, 2.45) is 11.3 Å². The van der Waals surface area contributed by atoms with Crippen molar-refractivity contribution in [2.75, 3.05) is 0 Å². The van der Waals surface area contributed by atoms with E-state index in [4.69, 9.17) is 10.2 Å². The first-order chi connectivity index (χ1) is 11.1. The van der Waals surface area contributed by atoms with Crippen molar-refractivity contribution < 1.29 is 39.6 Å². The van der Waals surface area contributed by atoms with Crippen molar-refractivity contribution in [3.63, 3.8) is 0 Å². The Morgan fingerprint density at radius 3 is 1.96 bits per heavy atom. The highest BCUT2D eigenvalue weighted by Gasteiger charge is 2.53. The van der Waals surface area contributed by atoms with Gasteiger partial charge in [0.1, 0.15) is 0 Å². The van der Waals surface area contributed by atoms with Crippen LogP contribution in [0.1, 0.15) is 39.5 Å². The van der Waals surface area contributed by atoms with Crippen molar-refractivity contribution in [1.82, 2.24) is 0 Å². The van der Waals surface area contributed by atoms with E-state index in [0.29, 0.717) is 0 Å². The number of carbonyl (C=O) groups is 4. The Morgan fingerprint density at radius 1 is 1.04 bits per heavy atom. The van der Waals surface area contributed by atoms with Crippen molar-refractivity contribution in [2.45, 2.75) is 39.5 Å². The fraction of sp³-hybridized carbons (Fsp3) is 0.500. The van der Waals surface area contributed by atoms with Crippen LogP contribution in [0, 0.1) is 11.3 Å². The molecule has 24 heavy (non-hydrogen) atoms. The van der Waals surface area contributed by atoms with Crippen LogP contribution in [-0.4, -0.2) is 44.3 Å². The Morgan fingerprint density at radius 2 is 1.62 bits per heavy atom. The second-order valence-corrected chi connectivity index (χ2v) is 5.62. The molecule has 0 heterocycles. The van der Waals surface area contributed by atoms with Crippen molar-refractivity contribution >= 4 is 23.9 Å². The molecule has 0 radical (unpaired) electrons. The molecule has 8 heteroatoms. The number of allylic oxidation sites excluding steroid dienone is 2. The number of carboxylic acids is 4. The van der Waals surface area contributed by atoms with Crippen molar-refractivity contribution in [3.8, 4) is 0 Å². The molecular weight excluding hydrogens is 320 g/mol. The van der Waals surface area contributed by atoms with E-state index in [9.17, 15) is 29.4 Å². The zero-order valence-corrected chi connectivity index (χ0v) is 13.4. The monoisotopic (exact) mass is 340 g/mol. The fourth-order valence-corrected chi connectivity index (χ4v) is 3.42. The van der Waals surface area contributed by atoms with E-state index < -0.39 is 48.1 Å². The predicted molar refractivity (Wildman–Crippen MR) is 81.4 cm³/mol. The van der Waals surface area contributed by atoms with Gasteiger partial charge in [-0.05, 0) is 24.0 Å². The Bertz CT molecular complexity index is 642. The number of rotatable bonds is 8. The first-order valence-electron chi connectivity index (χ1n) is 7.46. The van der Waals surface area contributed by atoms with E-state index in [1.807, 2.05) is 0 Å². The Hall–Kier alpha value is -2.64. The highest BCUT2D eigenvalue weighted by atomic mass is 16.4. The lowest BCUT2D eigenvalue weighted by Gasteiger charge is -2.41. The summed E-state index contributed by atoms with van der Waals surface area (Å²) in [5, 5.41) is 37.5. The molecule has 132 valence electrons. The normalized spacial score (nSPS) is 23.6. The average Bonchev–Trinajstić information content (AvgIpc) is 2.45. The van der Waals surface area contributed by atoms with Crippen LogP contribution in [0.25, 0.3) is 0 Å². The van der Waals surface area contributed by atoms with Gasteiger partial charge in [0.05, 0.1) is 18.3 Å². The average molecular weight is 340 g/mol. The standard InChI is InChI=1S/C16H20O8/c1-3-8-5-9(6-11(17)18)16(4-2,15(23)24)10(7-12(19)20)13(8)14(21)22/h5,10H,3-4,6-7H2,1-2H3,(H,17,18)(H,19,20)(H,21,22)(H,23,24). The maximum atomic E-state index is 12.0. The van der Waals surface area contributed by atoms with Crippen molar-refractivity contribution in [1.29, 1.82) is 0 Å². The van der Waals surface area contributed by atoms with Crippen molar-refractivity contribution in [3.05, 3.63) is 22.8 Å². The Kier molecular flexibility index (Phi) is 5.89. The SMILES string of the molecule is CCC1=C(C(=O)O)C(CC(=O)O)C(CC)(C(=O)O)C(CC(=O)O)=C1. The molecule has 4 N–H and O–H groups in total. The summed E-state index contributed by atoms with van der Waals surface area (Å²) < 4.78 is 0. The van der Waals surface area contributed by atoms with Gasteiger partial charge in [-0.1, -0.05) is 19.9 Å². The summed E-state index contributed by atoms with van der Waals surface area (Å²) in [6, 6.07) is 0. The molecule has 0 aromatic carbocycles. The summed E-state index contributed by atoms with van der Waals surface area (Å²) in [6.45, 7) is 3.12. The Balaban J connectivity index is 3.78. The van der Waals surface area contributed by atoms with Crippen LogP contribution >= 0.6 is 0 Å². The van der Waals surface area contributed by atoms with Crippen LogP contribution in [0.4, 0.5) is 0 Å². The maximum Gasteiger partial charge on any atom is 0.332 e. The molecule has 1 aliphatic carbocycles. The molecule has 2 unspecified atom stereocenters. The van der Waals surface area contributed by atoms with E-state index >= 15 is 0 Å². The van der Waals surface area contributed by atoms with E-state index in [0.717, 1.165) is 0 Å². The van der Waals surface area contributed by atoms with Gasteiger partial charge in [-0.25, -0.2) is 4.79 Å². The first-order valence-corrected chi connectivity index (χ1v) is 7.46. The van der Waals surface area contributed by atoms with Gasteiger partial charge in [0, 0.05) is 11.5 Å². The van der Waals surface area contributed by atoms with Gasteiger partial charge in [0.2, 0.25) is 0 Å². The number of hydrogen-bond acceptors (Lipinski definition) is 4. The van der Waals surface area contributed by atoms with Crippen LogP contribution in [-0.2, 0) is 19.2 Å². The molecule has 0 amide bonds. The maximum absolute atomic E-state index is 12.0. The third kappa shape index (κ3) is 3.32. The zero-order chi connectivity index (χ0) is 18.7. The van der Waals surface area contributed by atoms with Crippen LogP contribution in [0.5, 0.6) is 0 Å². The van der Waals surface area contributed by atoms with Crippen LogP contribution < -0.4 is 0 Å². The molecule has 0 saturated carbocycles. The van der Waals surface area contributed by atoms with Gasteiger partial charge in [-0.2, -0.15) is 0 Å². The molecule has 8 nitrogen and oxygen atoms in total. The lowest BCUT2D eigenvalue weighted by atomic mass is 9.59. The second kappa shape index (κ2) is 7.29. The van der Waals surface area contributed by atoms with Gasteiger partial charge in [-0.15, -0.1) is 0 Å². The van der Waals surface area contributed by atoms with Gasteiger partial charge in [0.15, 0.2) is 0 Å². The smallest absolute Gasteiger partial charge is 0.332 e. The van der Waals surface area contributed by atoms with Gasteiger partial charge in [-0.3, -0.25) is 14.4 Å². The molecule has 2 atom stereocenters. The predicted octanol–water partition coefficient (Wildman–Crippen LogP) is 1.76. The lowest BCUT2D eigenvalue weighted by molar-refractivity contribution is -0.151. The minimum atomic E-state index is -1.87. The summed E-state index contributed by atoms with van der Waals surface area (Å²) in [6.07, 6.45) is 0.107. The van der Waals surface area contributed by atoms with Gasteiger partial charge in [0.25, 0.3) is 0 Å². The Labute approximate surface area is 138 Å². The molecule has 0 saturated heterocycles. The van der Waals surface area contributed by atoms with E-state index in [1.165, 1.54) is 13.0 Å². The second-order valence-electron chi connectivity index (χ2n) is 5.62. The molecular formula is C16H20O8. The highest BCUT2D eigenvalue weighted by Crippen LogP contribution is 2.51. The number of hydrogen-bond donors (Lipinski definition) is 4. The fourth-order valence-electron chi connectivity index (χ4n) is 3.42. The first kappa shape index (κ1) is 19.4. The minimum Gasteiger partial charge on any atom is -0.481 e. The topological polar surface area (TPSA) is 149 Å². The summed E-state index contributed by atoms with van der Waals surface area (Å²) in [5.41, 5.74) is -1.85. The summed E-state index contributed by atoms with van der Waals surface area (Å²) in [5.74, 6) is -6.75. The number of aliphatic carboxylic acids is 4. The van der Waals surface area contributed by atoms with Gasteiger partial charge < -0.3 is 20.4 Å². The minimum absolute atomic E-state index is 0.0260. The molecule has 1 aliphatic rings. The molecule has 0 aromatic heterocycles. The van der Waals surface area contributed by atoms with E-state index in [2.05, 4.69) is 0 Å². The third-order valence-corrected chi connectivity index (χ3v) is 4.48. The largest absolute Gasteiger partial charge is 0.481 e. The molecule has 0 aliphatic heterocycles. The van der Waals surface area contributed by atoms with Crippen LogP contribution in [0.3, 0.4) is 0 Å². The highest BCUT2D eigenvalue weighted by molar-refractivity contribution is 5.95. The van der Waals surface area contributed by atoms with E-state index in [-0.39, 0.29) is 29.6 Å². The molecule has 0 fully saturated rings. The van der Waals surface area contributed by atoms with Crippen LogP contribution in [0.15, 0.2) is 22.8 Å². The summed E-state index contributed by atoms with van der Waals surface area (Å²) >= 11 is 0. The third-order valence-electron chi connectivity index (χ3n) is 4.48. The quantitative estimate of drug-likeness (QED) is 0.522. The van der Waals surface area contributed by atoms with Crippen LogP contribution in [0.2, 0.25) is 0 Å². The molecule has 0 spiro atoms. The zero-order valence-electron chi connectivity index (χ0n) is 13.4. The van der Waals surface area contributed by atoms with Gasteiger partial charge >= 0.3 is 23.9 Å². The van der Waals surface area contributed by atoms with E-state index in [1.54, 1.807) is 6.92 Å². The summed E-state index contributed by atoms with van der Waals surface area (Å²) in [4.78, 5) is 46.1. The lowest BCUT2D eigenvalue weighted by Crippen LogP contribution is -2.46.